The summed E-state index contributed by atoms with van der Waals surface area (Å²) in [4.78, 5) is 7.26. The molecule has 7 heteroatoms. The number of nitrogens with zero attached hydrogens (tertiary/aromatic N) is 3. The molecule has 0 aromatic rings. The normalized spacial score (nSPS) is 30.8. The lowest BCUT2D eigenvalue weighted by Crippen LogP contribution is -2.72. The summed E-state index contributed by atoms with van der Waals surface area (Å²) in [5.74, 6) is 0.416. The van der Waals surface area contributed by atoms with Crippen LogP contribution >= 0.6 is 0 Å². The second-order valence-electron chi connectivity index (χ2n) is 12.4. The average Bonchev–Trinajstić information content (AvgIpc) is 2.47. The van der Waals surface area contributed by atoms with Crippen LogP contribution in [-0.4, -0.2) is 103 Å². The van der Waals surface area contributed by atoms with Crippen LogP contribution in [-0.2, 0) is 14.6 Å². The molecule has 0 aromatic carbocycles. The van der Waals surface area contributed by atoms with Crippen LogP contribution in [0.15, 0.2) is 0 Å². The number of ether oxygens (including phenoxy) is 1. The van der Waals surface area contributed by atoms with E-state index in [9.17, 15) is 8.42 Å². The molecule has 0 amide bonds. The summed E-state index contributed by atoms with van der Waals surface area (Å²) >= 11 is 0. The third-order valence-electron chi connectivity index (χ3n) is 9.10. The van der Waals surface area contributed by atoms with E-state index in [1.54, 1.807) is 0 Å². The van der Waals surface area contributed by atoms with Crippen molar-refractivity contribution in [1.82, 2.24) is 14.7 Å². The van der Waals surface area contributed by atoms with Gasteiger partial charge in [-0.3, -0.25) is 14.7 Å². The third-order valence-corrected chi connectivity index (χ3v) is 11.6. The largest absolute Gasteiger partial charge is 0.372 e. The molecule has 5 saturated heterocycles. The SMILES string of the molecule is CC(C)N1CC2(CCC2)C1.CC(C)N1CC2(CCO2)C1.CC(C)N1CC2(CCS2(=O)=O)C1. The van der Waals surface area contributed by atoms with Crippen molar-refractivity contribution in [2.24, 2.45) is 5.41 Å². The highest BCUT2D eigenvalue weighted by Gasteiger charge is 2.59. The van der Waals surface area contributed by atoms with E-state index in [-0.39, 0.29) is 4.75 Å². The summed E-state index contributed by atoms with van der Waals surface area (Å²) in [5.41, 5.74) is 1.15. The number of likely N-dealkylation sites (tertiary alicyclic amines) is 3. The molecule has 6 fully saturated rings. The fraction of sp³-hybridized carbons (Fsp3) is 1.00. The quantitative estimate of drug-likeness (QED) is 0.633. The Balaban J connectivity index is 0.000000115. The van der Waals surface area contributed by atoms with Gasteiger partial charge in [-0.25, -0.2) is 8.42 Å². The third kappa shape index (κ3) is 4.53. The molecule has 0 unspecified atom stereocenters. The highest BCUT2D eigenvalue weighted by Crippen LogP contribution is 2.48. The fourth-order valence-corrected chi connectivity index (χ4v) is 7.68. The second-order valence-corrected chi connectivity index (χ2v) is 14.9. The van der Waals surface area contributed by atoms with Crippen LogP contribution in [0.5, 0.6) is 0 Å². The van der Waals surface area contributed by atoms with Gasteiger partial charge in [-0.2, -0.15) is 0 Å². The first-order valence-electron chi connectivity index (χ1n) is 13.0. The predicted octanol–water partition coefficient (Wildman–Crippen LogP) is 3.02. The van der Waals surface area contributed by atoms with E-state index in [0.29, 0.717) is 23.4 Å². The van der Waals surface area contributed by atoms with Crippen LogP contribution in [0.3, 0.4) is 0 Å². The molecule has 6 rings (SSSR count). The van der Waals surface area contributed by atoms with Gasteiger partial charge in [0.15, 0.2) is 9.84 Å². The first-order chi connectivity index (χ1) is 14.9. The van der Waals surface area contributed by atoms with Gasteiger partial charge in [-0.05, 0) is 66.2 Å². The molecule has 186 valence electrons. The van der Waals surface area contributed by atoms with E-state index in [0.717, 1.165) is 37.6 Å². The lowest BCUT2D eigenvalue weighted by molar-refractivity contribution is -0.227. The Bertz CT molecular complexity index is 715. The van der Waals surface area contributed by atoms with Gasteiger partial charge in [-0.15, -0.1) is 0 Å². The minimum Gasteiger partial charge on any atom is -0.372 e. The molecule has 32 heavy (non-hydrogen) atoms. The van der Waals surface area contributed by atoms with Crippen LogP contribution in [0.25, 0.3) is 0 Å². The molecule has 0 aromatic heterocycles. The van der Waals surface area contributed by atoms with Crippen LogP contribution in [0, 0.1) is 5.41 Å². The van der Waals surface area contributed by atoms with Crippen LogP contribution in [0.1, 0.15) is 73.6 Å². The van der Waals surface area contributed by atoms with Crippen molar-refractivity contribution in [2.45, 2.75) is 102 Å². The molecule has 6 nitrogen and oxygen atoms in total. The molecule has 0 radical (unpaired) electrons. The van der Waals surface area contributed by atoms with Crippen molar-refractivity contribution in [3.05, 3.63) is 0 Å². The summed E-state index contributed by atoms with van der Waals surface area (Å²) in [5, 5.41) is 0. The molecule has 5 aliphatic heterocycles. The van der Waals surface area contributed by atoms with E-state index >= 15 is 0 Å². The molecular weight excluding hydrogens is 422 g/mol. The van der Waals surface area contributed by atoms with Crippen molar-refractivity contribution in [1.29, 1.82) is 0 Å². The Morgan fingerprint density at radius 1 is 0.688 bits per heavy atom. The Morgan fingerprint density at radius 3 is 1.44 bits per heavy atom. The zero-order valence-electron chi connectivity index (χ0n) is 21.4. The van der Waals surface area contributed by atoms with Gasteiger partial charge in [0.1, 0.15) is 0 Å². The number of sulfone groups is 1. The second kappa shape index (κ2) is 8.78. The maximum absolute atomic E-state index is 11.4. The van der Waals surface area contributed by atoms with E-state index in [4.69, 9.17) is 4.74 Å². The van der Waals surface area contributed by atoms with Gasteiger partial charge in [0.05, 0.1) is 22.7 Å². The van der Waals surface area contributed by atoms with Gasteiger partial charge in [0.25, 0.3) is 0 Å². The Labute approximate surface area is 196 Å². The van der Waals surface area contributed by atoms with Gasteiger partial charge >= 0.3 is 0 Å². The first kappa shape index (κ1) is 24.9. The molecule has 3 spiro atoms. The minimum absolute atomic E-state index is 0.308. The maximum atomic E-state index is 11.4. The maximum Gasteiger partial charge on any atom is 0.158 e. The summed E-state index contributed by atoms with van der Waals surface area (Å²) in [7, 11) is -2.69. The lowest BCUT2D eigenvalue weighted by Gasteiger charge is -2.57. The highest BCUT2D eigenvalue weighted by molar-refractivity contribution is 7.94. The number of hydrogen-bond acceptors (Lipinski definition) is 6. The number of hydrogen-bond donors (Lipinski definition) is 0. The van der Waals surface area contributed by atoms with Crippen LogP contribution < -0.4 is 0 Å². The lowest BCUT2D eigenvalue weighted by atomic mass is 9.63. The zero-order valence-corrected chi connectivity index (χ0v) is 22.2. The minimum atomic E-state index is -2.69. The Morgan fingerprint density at radius 2 is 1.16 bits per heavy atom. The summed E-state index contributed by atoms with van der Waals surface area (Å²) in [6, 6.07) is 1.98. The molecule has 0 N–H and O–H groups in total. The van der Waals surface area contributed by atoms with Crippen molar-refractivity contribution < 1.29 is 13.2 Å². The first-order valence-corrected chi connectivity index (χ1v) is 14.6. The standard InChI is InChI=1S/C9H17N.C8H15NO2S.C8H15NO/c1-8(2)10-6-9(7-10)4-3-5-9;1-7(2)9-5-8(6-9)3-4-12(8,10)11;1-7(2)9-5-8(6-9)3-4-10-8/h8H,3-7H2,1-2H3;7H,3-6H2,1-2H3;7H,3-6H2,1-2H3. The van der Waals surface area contributed by atoms with Crippen LogP contribution in [0.2, 0.25) is 0 Å². The van der Waals surface area contributed by atoms with Crippen molar-refractivity contribution in [2.75, 3.05) is 51.6 Å². The van der Waals surface area contributed by atoms with E-state index in [1.165, 1.54) is 51.9 Å². The zero-order chi connectivity index (χ0) is 23.4. The predicted molar refractivity (Wildman–Crippen MR) is 131 cm³/mol. The summed E-state index contributed by atoms with van der Waals surface area (Å²) in [6.45, 7) is 21.0. The topological polar surface area (TPSA) is 53.1 Å². The van der Waals surface area contributed by atoms with Crippen molar-refractivity contribution in [3.8, 4) is 0 Å². The van der Waals surface area contributed by atoms with Crippen LogP contribution in [0.4, 0.5) is 0 Å². The van der Waals surface area contributed by atoms with Gasteiger partial charge in [-0.1, -0.05) is 6.42 Å². The van der Waals surface area contributed by atoms with E-state index in [2.05, 4.69) is 56.2 Å². The van der Waals surface area contributed by atoms with Crippen molar-refractivity contribution in [3.63, 3.8) is 0 Å². The smallest absolute Gasteiger partial charge is 0.158 e. The molecule has 6 aliphatic rings. The van der Waals surface area contributed by atoms with E-state index < -0.39 is 9.84 Å². The molecular formula is C25H47N3O3S. The van der Waals surface area contributed by atoms with E-state index in [1.807, 2.05) is 0 Å². The average molecular weight is 470 g/mol. The molecule has 5 heterocycles. The fourth-order valence-electron chi connectivity index (χ4n) is 5.84. The monoisotopic (exact) mass is 469 g/mol. The molecule has 1 aliphatic carbocycles. The van der Waals surface area contributed by atoms with Gasteiger partial charge in [0, 0.05) is 63.8 Å². The Kier molecular flexibility index (Phi) is 6.83. The van der Waals surface area contributed by atoms with Gasteiger partial charge in [0.2, 0.25) is 0 Å². The molecule has 0 atom stereocenters. The van der Waals surface area contributed by atoms with Gasteiger partial charge < -0.3 is 4.74 Å². The number of rotatable bonds is 3. The van der Waals surface area contributed by atoms with Crippen molar-refractivity contribution >= 4 is 9.84 Å². The summed E-state index contributed by atoms with van der Waals surface area (Å²) in [6.07, 6.45) is 6.69. The Hall–Kier alpha value is -0.210. The summed E-state index contributed by atoms with van der Waals surface area (Å²) < 4.78 is 27.9. The molecule has 0 bridgehead atoms. The highest BCUT2D eigenvalue weighted by atomic mass is 32.2. The molecule has 1 saturated carbocycles.